The Morgan fingerprint density at radius 1 is 0.829 bits per heavy atom. The Morgan fingerprint density at radius 3 is 2.32 bits per heavy atom. The molecule has 3 heterocycles. The molecule has 0 spiro atoms. The van der Waals surface area contributed by atoms with Crippen molar-refractivity contribution in [2.24, 2.45) is 0 Å². The molecule has 3 aromatic heterocycles. The van der Waals surface area contributed by atoms with Gasteiger partial charge in [0.15, 0.2) is 17.3 Å². The van der Waals surface area contributed by atoms with Gasteiger partial charge in [0.05, 0.1) is 38.5 Å². The van der Waals surface area contributed by atoms with Gasteiger partial charge in [0.1, 0.15) is 5.69 Å². The van der Waals surface area contributed by atoms with Gasteiger partial charge in [-0.1, -0.05) is 24.3 Å². The fraction of sp³-hybridized carbons (Fsp3) is 0.125. The first kappa shape index (κ1) is 26.1. The highest BCUT2D eigenvalue weighted by molar-refractivity contribution is 6.00. The number of aliphatic hydroxyl groups excluding tert-OH is 2. The summed E-state index contributed by atoms with van der Waals surface area (Å²) in [7, 11) is 3.10. The summed E-state index contributed by atoms with van der Waals surface area (Å²) in [5.41, 5.74) is 3.21. The molecule has 0 radical (unpaired) electrons. The number of hydrogen-bond acceptors (Lipinski definition) is 8. The minimum absolute atomic E-state index is 0.285. The largest absolute Gasteiger partial charge is 0.493 e. The second-order valence-electron chi connectivity index (χ2n) is 9.37. The molecule has 2 N–H and O–H groups in total. The Hall–Kier alpha value is -5.12. The van der Waals surface area contributed by atoms with Crippen LogP contribution in [-0.2, 0) is 13.2 Å². The summed E-state index contributed by atoms with van der Waals surface area (Å²) in [5, 5.41) is 28.0. The lowest BCUT2D eigenvalue weighted by Crippen LogP contribution is -2.23. The predicted molar refractivity (Wildman–Crippen MR) is 156 cm³/mol. The number of rotatable bonds is 7. The van der Waals surface area contributed by atoms with Crippen molar-refractivity contribution >= 4 is 21.5 Å². The Morgan fingerprint density at radius 2 is 1.61 bits per heavy atom. The van der Waals surface area contributed by atoms with E-state index in [1.165, 1.54) is 4.68 Å². The minimum Gasteiger partial charge on any atom is -0.493 e. The second kappa shape index (κ2) is 10.8. The number of benzene rings is 3. The molecule has 41 heavy (non-hydrogen) atoms. The van der Waals surface area contributed by atoms with Crippen molar-refractivity contribution < 1.29 is 19.7 Å². The smallest absolute Gasteiger partial charge is 0.280 e. The third-order valence-corrected chi connectivity index (χ3v) is 7.12. The minimum atomic E-state index is -0.333. The van der Waals surface area contributed by atoms with E-state index in [4.69, 9.17) is 19.6 Å². The van der Waals surface area contributed by atoms with Crippen molar-refractivity contribution in [1.29, 1.82) is 0 Å². The number of hydrogen-bond donors (Lipinski definition) is 2. The molecule has 204 valence electrons. The highest BCUT2D eigenvalue weighted by Crippen LogP contribution is 2.40. The average molecular weight is 547 g/mol. The van der Waals surface area contributed by atoms with Gasteiger partial charge in [0.2, 0.25) is 0 Å². The summed E-state index contributed by atoms with van der Waals surface area (Å²) in [4.78, 5) is 22.8. The number of pyridine rings is 2. The molecule has 0 saturated heterocycles. The molecule has 0 amide bonds. The van der Waals surface area contributed by atoms with Crippen LogP contribution >= 0.6 is 0 Å². The third kappa shape index (κ3) is 4.47. The van der Waals surface area contributed by atoms with E-state index in [9.17, 15) is 15.0 Å². The van der Waals surface area contributed by atoms with E-state index >= 15 is 0 Å². The molecular formula is C32H26N4O5. The van der Waals surface area contributed by atoms with E-state index in [2.05, 4.69) is 4.98 Å². The zero-order valence-electron chi connectivity index (χ0n) is 22.4. The van der Waals surface area contributed by atoms with Crippen molar-refractivity contribution in [2.75, 3.05) is 14.2 Å². The fourth-order valence-electron chi connectivity index (χ4n) is 5.18. The average Bonchev–Trinajstić information content (AvgIpc) is 3.03. The highest BCUT2D eigenvalue weighted by atomic mass is 16.5. The van der Waals surface area contributed by atoms with Crippen molar-refractivity contribution in [1.82, 2.24) is 19.7 Å². The zero-order chi connectivity index (χ0) is 28.5. The molecule has 3 aromatic carbocycles. The number of aromatic nitrogens is 4. The van der Waals surface area contributed by atoms with Gasteiger partial charge in [-0.2, -0.15) is 9.78 Å². The summed E-state index contributed by atoms with van der Waals surface area (Å²) in [6.45, 7) is -0.617. The molecular weight excluding hydrogens is 520 g/mol. The first-order valence-corrected chi connectivity index (χ1v) is 12.9. The van der Waals surface area contributed by atoms with Gasteiger partial charge in [-0.25, -0.2) is 4.98 Å². The second-order valence-corrected chi connectivity index (χ2v) is 9.37. The lowest BCUT2D eigenvalue weighted by molar-refractivity contribution is 0.260. The summed E-state index contributed by atoms with van der Waals surface area (Å²) >= 11 is 0. The standard InChI is InChI=1S/C32H26N4O5/c1-40-27-14-20-13-21(17-37)25(18-38)30(24(20)15-28(27)41-2)26-10-5-11-29(34-26)36-32(39)23-9-4-3-8-22(23)31(35-36)19-7-6-12-33-16-19/h3-16,37-38H,17-18H2,1-2H3. The molecule has 0 atom stereocenters. The van der Waals surface area contributed by atoms with Crippen LogP contribution in [-0.4, -0.2) is 44.2 Å². The molecule has 6 aromatic rings. The van der Waals surface area contributed by atoms with Gasteiger partial charge >= 0.3 is 0 Å². The zero-order valence-corrected chi connectivity index (χ0v) is 22.4. The Kier molecular flexibility index (Phi) is 6.88. The maximum absolute atomic E-state index is 13.7. The van der Waals surface area contributed by atoms with Crippen LogP contribution in [0.2, 0.25) is 0 Å². The number of methoxy groups -OCH3 is 2. The van der Waals surface area contributed by atoms with Gasteiger partial charge in [-0.15, -0.1) is 0 Å². The molecule has 0 aliphatic rings. The molecule has 0 aliphatic heterocycles. The molecule has 9 nitrogen and oxygen atoms in total. The summed E-state index contributed by atoms with van der Waals surface area (Å²) in [5.74, 6) is 1.34. The van der Waals surface area contributed by atoms with Gasteiger partial charge in [0, 0.05) is 28.9 Å². The van der Waals surface area contributed by atoms with Crippen LogP contribution < -0.4 is 15.0 Å². The van der Waals surface area contributed by atoms with Crippen LogP contribution in [0.4, 0.5) is 0 Å². The number of fused-ring (bicyclic) bond motifs is 2. The van der Waals surface area contributed by atoms with Gasteiger partial charge in [-0.05, 0) is 70.4 Å². The molecule has 0 aliphatic carbocycles. The van der Waals surface area contributed by atoms with Crippen LogP contribution in [0.15, 0.2) is 90.0 Å². The molecule has 0 unspecified atom stereocenters. The van der Waals surface area contributed by atoms with Crippen LogP contribution in [0.1, 0.15) is 11.1 Å². The molecule has 6 rings (SSSR count). The molecule has 0 saturated carbocycles. The van der Waals surface area contributed by atoms with Gasteiger partial charge in [-0.3, -0.25) is 9.78 Å². The normalized spacial score (nSPS) is 11.2. The first-order valence-electron chi connectivity index (χ1n) is 12.9. The number of aliphatic hydroxyl groups is 2. The Labute approximate surface area is 234 Å². The Balaban J connectivity index is 1.63. The molecule has 0 bridgehead atoms. The van der Waals surface area contributed by atoms with E-state index < -0.39 is 0 Å². The SMILES string of the molecule is COc1cc2cc(CO)c(CO)c(-c3cccc(-n4nc(-c5cccnc5)c5ccccc5c4=O)n3)c2cc1OC. The van der Waals surface area contributed by atoms with Gasteiger partial charge in [0.25, 0.3) is 5.56 Å². The lowest BCUT2D eigenvalue weighted by atomic mass is 9.92. The predicted octanol–water partition coefficient (Wildman–Crippen LogP) is 4.66. The van der Waals surface area contributed by atoms with Crippen molar-refractivity contribution in [2.45, 2.75) is 13.2 Å². The fourth-order valence-corrected chi connectivity index (χ4v) is 5.18. The number of nitrogens with zero attached hydrogens (tertiary/aromatic N) is 4. The van der Waals surface area contributed by atoms with E-state index in [1.54, 1.807) is 50.9 Å². The topological polar surface area (TPSA) is 120 Å². The quantitative estimate of drug-likeness (QED) is 0.297. The van der Waals surface area contributed by atoms with E-state index in [1.807, 2.05) is 48.5 Å². The van der Waals surface area contributed by atoms with Crippen LogP contribution in [0.5, 0.6) is 11.5 Å². The monoisotopic (exact) mass is 546 g/mol. The van der Waals surface area contributed by atoms with Crippen molar-refractivity contribution in [3.05, 3.63) is 107 Å². The van der Waals surface area contributed by atoms with Crippen LogP contribution in [0.3, 0.4) is 0 Å². The van der Waals surface area contributed by atoms with E-state index in [-0.39, 0.29) is 18.8 Å². The van der Waals surface area contributed by atoms with Crippen molar-refractivity contribution in [3.8, 4) is 39.8 Å². The first-order chi connectivity index (χ1) is 20.1. The maximum Gasteiger partial charge on any atom is 0.280 e. The highest BCUT2D eigenvalue weighted by Gasteiger charge is 2.20. The lowest BCUT2D eigenvalue weighted by Gasteiger charge is -2.18. The molecule has 9 heteroatoms. The van der Waals surface area contributed by atoms with Crippen molar-refractivity contribution in [3.63, 3.8) is 0 Å². The van der Waals surface area contributed by atoms with Gasteiger partial charge < -0.3 is 19.7 Å². The number of ether oxygens (including phenoxy) is 2. The van der Waals surface area contributed by atoms with E-state index in [0.717, 1.165) is 16.3 Å². The van der Waals surface area contributed by atoms with Crippen LogP contribution in [0.25, 0.3) is 49.9 Å². The van der Waals surface area contributed by atoms with E-state index in [0.29, 0.717) is 56.2 Å². The van der Waals surface area contributed by atoms with Crippen LogP contribution in [0, 0.1) is 0 Å². The summed E-state index contributed by atoms with van der Waals surface area (Å²) < 4.78 is 12.3. The maximum atomic E-state index is 13.7. The summed E-state index contributed by atoms with van der Waals surface area (Å²) in [6, 6.07) is 21.7. The summed E-state index contributed by atoms with van der Waals surface area (Å²) in [6.07, 6.45) is 3.38. The third-order valence-electron chi connectivity index (χ3n) is 7.12. The molecule has 0 fully saturated rings. The Bertz CT molecular complexity index is 1970.